The van der Waals surface area contributed by atoms with Crippen LogP contribution in [0.4, 0.5) is 5.69 Å². The summed E-state index contributed by atoms with van der Waals surface area (Å²) in [6.45, 7) is 4.46. The highest BCUT2D eigenvalue weighted by molar-refractivity contribution is 7.78. The minimum atomic E-state index is 0.860. The summed E-state index contributed by atoms with van der Waals surface area (Å²) in [6.07, 6.45) is 9.06. The molecule has 0 aliphatic heterocycles. The lowest BCUT2D eigenvalue weighted by molar-refractivity contribution is 0.717. The number of rotatable bonds is 6. The van der Waals surface area contributed by atoms with Gasteiger partial charge in [-0.25, -0.2) is 0 Å². The Morgan fingerprint density at radius 1 is 1.04 bits per heavy atom. The van der Waals surface area contributed by atoms with Crippen molar-refractivity contribution in [1.82, 2.24) is 0 Å². The first kappa shape index (κ1) is 19.3. The van der Waals surface area contributed by atoms with Crippen molar-refractivity contribution in [2.24, 2.45) is 4.99 Å². The summed E-state index contributed by atoms with van der Waals surface area (Å²) in [5.74, 6) is 6.79. The topological polar surface area (TPSA) is 12.4 Å². The normalized spacial score (nSPS) is 11.9. The number of aliphatic imine (C=N–C) groups is 1. The van der Waals surface area contributed by atoms with E-state index in [-0.39, 0.29) is 0 Å². The molecule has 0 spiro atoms. The van der Waals surface area contributed by atoms with Gasteiger partial charge < -0.3 is 0 Å². The minimum Gasteiger partial charge on any atom is -0.195 e. The first-order valence-corrected chi connectivity index (χ1v) is 10.2. The first-order valence-electron chi connectivity index (χ1n) is 9.78. The standard InChI is InChI=1S/C25H25NS/c1-3-5-6-7-19-8-10-22(21(4-2)14-19)11-9-20-15-23-12-13-25(26-18-27)17-24(23)16-20/h8,10,12-15,17H,3-7,16H2,1-2H3. The fraction of sp³-hybridized carbons (Fsp3) is 0.320. The summed E-state index contributed by atoms with van der Waals surface area (Å²) in [5, 5.41) is 2.43. The Morgan fingerprint density at radius 2 is 1.93 bits per heavy atom. The molecule has 2 aromatic rings. The third-order valence-corrected chi connectivity index (χ3v) is 5.08. The van der Waals surface area contributed by atoms with Gasteiger partial charge in [0.15, 0.2) is 0 Å². The van der Waals surface area contributed by atoms with Crippen molar-refractivity contribution in [2.45, 2.75) is 52.4 Å². The lowest BCUT2D eigenvalue weighted by Crippen LogP contribution is -1.93. The van der Waals surface area contributed by atoms with E-state index in [9.17, 15) is 0 Å². The van der Waals surface area contributed by atoms with E-state index in [1.807, 2.05) is 6.07 Å². The van der Waals surface area contributed by atoms with E-state index in [0.29, 0.717) is 0 Å². The first-order chi connectivity index (χ1) is 13.2. The third kappa shape index (κ3) is 5.04. The fourth-order valence-electron chi connectivity index (χ4n) is 3.48. The number of fused-ring (bicyclic) bond motifs is 1. The van der Waals surface area contributed by atoms with Gasteiger partial charge in [-0.1, -0.05) is 56.7 Å². The van der Waals surface area contributed by atoms with Gasteiger partial charge in [0.1, 0.15) is 0 Å². The highest BCUT2D eigenvalue weighted by Gasteiger charge is 2.11. The Balaban J connectivity index is 1.75. The number of aryl methyl sites for hydroxylation is 2. The zero-order valence-corrected chi connectivity index (χ0v) is 17.0. The quantitative estimate of drug-likeness (QED) is 0.238. The largest absolute Gasteiger partial charge is 0.195 e. The summed E-state index contributed by atoms with van der Waals surface area (Å²) in [6, 6.07) is 12.9. The molecule has 136 valence electrons. The van der Waals surface area contributed by atoms with E-state index >= 15 is 0 Å². The second-order valence-corrected chi connectivity index (χ2v) is 7.17. The molecule has 0 unspecified atom stereocenters. The van der Waals surface area contributed by atoms with Gasteiger partial charge in [-0.05, 0) is 78.0 Å². The van der Waals surface area contributed by atoms with E-state index in [2.05, 4.69) is 72.2 Å². The molecule has 2 aromatic carbocycles. The Kier molecular flexibility index (Phi) is 6.77. The molecular formula is C25H25NS. The van der Waals surface area contributed by atoms with Crippen molar-refractivity contribution in [3.63, 3.8) is 0 Å². The van der Waals surface area contributed by atoms with Gasteiger partial charge >= 0.3 is 0 Å². The van der Waals surface area contributed by atoms with Crippen molar-refractivity contribution in [3.05, 3.63) is 69.8 Å². The lowest BCUT2D eigenvalue weighted by Gasteiger charge is -2.06. The molecule has 0 saturated carbocycles. The van der Waals surface area contributed by atoms with E-state index in [1.54, 1.807) is 0 Å². The van der Waals surface area contributed by atoms with Crippen LogP contribution in [0.3, 0.4) is 0 Å². The van der Waals surface area contributed by atoms with Crippen LogP contribution >= 0.6 is 12.2 Å². The molecule has 0 radical (unpaired) electrons. The van der Waals surface area contributed by atoms with E-state index in [4.69, 9.17) is 12.2 Å². The molecule has 27 heavy (non-hydrogen) atoms. The Hall–Kier alpha value is -2.46. The second-order valence-electron chi connectivity index (χ2n) is 6.98. The molecule has 1 nitrogen and oxygen atoms in total. The minimum absolute atomic E-state index is 0.860. The number of nitrogens with zero attached hydrogens (tertiary/aromatic N) is 1. The maximum Gasteiger partial charge on any atom is 0.0742 e. The van der Waals surface area contributed by atoms with E-state index in [1.165, 1.54) is 47.9 Å². The number of unbranched alkanes of at least 4 members (excludes halogenated alkanes) is 2. The summed E-state index contributed by atoms with van der Waals surface area (Å²) in [7, 11) is 0. The molecule has 1 aliphatic rings. The van der Waals surface area contributed by atoms with Crippen molar-refractivity contribution in [1.29, 1.82) is 0 Å². The molecule has 0 heterocycles. The maximum absolute atomic E-state index is 4.69. The molecule has 0 fully saturated rings. The van der Waals surface area contributed by atoms with E-state index < -0.39 is 0 Å². The van der Waals surface area contributed by atoms with Gasteiger partial charge in [-0.3, -0.25) is 0 Å². The van der Waals surface area contributed by atoms with Crippen LogP contribution in [0.2, 0.25) is 0 Å². The molecule has 2 heteroatoms. The maximum atomic E-state index is 4.69. The zero-order valence-electron chi connectivity index (χ0n) is 16.1. The summed E-state index contributed by atoms with van der Waals surface area (Å²) in [4.78, 5) is 4.07. The predicted molar refractivity (Wildman–Crippen MR) is 119 cm³/mol. The average Bonchev–Trinajstić information content (AvgIpc) is 3.09. The third-order valence-electron chi connectivity index (χ3n) is 4.99. The molecule has 0 bridgehead atoms. The van der Waals surface area contributed by atoms with Crippen LogP contribution in [-0.4, -0.2) is 5.16 Å². The van der Waals surface area contributed by atoms with Crippen molar-refractivity contribution in [3.8, 4) is 11.8 Å². The van der Waals surface area contributed by atoms with Crippen molar-refractivity contribution >= 4 is 29.1 Å². The van der Waals surface area contributed by atoms with Gasteiger partial charge in [0.2, 0.25) is 0 Å². The van der Waals surface area contributed by atoms with Gasteiger partial charge in [0.25, 0.3) is 0 Å². The number of isothiocyanates is 1. The zero-order chi connectivity index (χ0) is 19.1. The SMILES string of the molecule is CCCCCc1ccc(C#CC2=Cc3ccc(N=C=S)cc3C2)c(CC)c1. The van der Waals surface area contributed by atoms with Crippen LogP contribution in [0, 0.1) is 11.8 Å². The molecule has 0 amide bonds. The smallest absolute Gasteiger partial charge is 0.0742 e. The lowest BCUT2D eigenvalue weighted by atomic mass is 9.98. The van der Waals surface area contributed by atoms with E-state index in [0.717, 1.165) is 29.7 Å². The fourth-order valence-corrected chi connectivity index (χ4v) is 3.58. The monoisotopic (exact) mass is 371 g/mol. The van der Waals surface area contributed by atoms with Crippen LogP contribution in [0.5, 0.6) is 0 Å². The van der Waals surface area contributed by atoms with Crippen molar-refractivity contribution < 1.29 is 0 Å². The molecule has 0 aromatic heterocycles. The van der Waals surface area contributed by atoms with Crippen LogP contribution in [0.15, 0.2) is 47.0 Å². The van der Waals surface area contributed by atoms with Crippen LogP contribution in [0.25, 0.3) is 6.08 Å². The molecular weight excluding hydrogens is 346 g/mol. The molecule has 1 aliphatic carbocycles. The number of hydrogen-bond donors (Lipinski definition) is 0. The number of benzene rings is 2. The molecule has 3 rings (SSSR count). The average molecular weight is 372 g/mol. The second kappa shape index (κ2) is 9.47. The van der Waals surface area contributed by atoms with Crippen LogP contribution < -0.4 is 0 Å². The summed E-state index contributed by atoms with van der Waals surface area (Å²) in [5.41, 5.74) is 8.44. The summed E-state index contributed by atoms with van der Waals surface area (Å²) < 4.78 is 0. The summed E-state index contributed by atoms with van der Waals surface area (Å²) >= 11 is 4.69. The Morgan fingerprint density at radius 3 is 2.70 bits per heavy atom. The van der Waals surface area contributed by atoms with Gasteiger partial charge in [-0.15, -0.1) is 0 Å². The number of thiocarbonyl (C=S) groups is 1. The molecule has 0 atom stereocenters. The van der Waals surface area contributed by atoms with Crippen LogP contribution in [0.1, 0.15) is 60.9 Å². The highest BCUT2D eigenvalue weighted by atomic mass is 32.1. The number of allylic oxidation sites excluding steroid dienone is 1. The molecule has 0 N–H and O–H groups in total. The van der Waals surface area contributed by atoms with Gasteiger partial charge in [0.05, 0.1) is 10.8 Å². The Bertz CT molecular complexity index is 966. The van der Waals surface area contributed by atoms with Crippen molar-refractivity contribution in [2.75, 3.05) is 0 Å². The predicted octanol–water partition coefficient (Wildman–Crippen LogP) is 6.71. The highest BCUT2D eigenvalue weighted by Crippen LogP contribution is 2.28. The van der Waals surface area contributed by atoms with Crippen LogP contribution in [-0.2, 0) is 19.3 Å². The van der Waals surface area contributed by atoms with Gasteiger partial charge in [-0.2, -0.15) is 4.99 Å². The number of hydrogen-bond acceptors (Lipinski definition) is 2. The molecule has 0 saturated heterocycles. The Labute approximate surface area is 168 Å². The van der Waals surface area contributed by atoms with Gasteiger partial charge in [0, 0.05) is 17.6 Å².